The molecule has 0 aromatic carbocycles. The van der Waals surface area contributed by atoms with Crippen LogP contribution in [-0.4, -0.2) is 62.4 Å². The molecule has 1 aliphatic carbocycles. The van der Waals surface area contributed by atoms with E-state index in [2.05, 4.69) is 10.1 Å². The minimum Gasteiger partial charge on any atom is -0.396 e. The van der Waals surface area contributed by atoms with Crippen molar-refractivity contribution in [3.63, 3.8) is 0 Å². The van der Waals surface area contributed by atoms with Crippen molar-refractivity contribution in [2.45, 2.75) is 45.8 Å². The smallest absolute Gasteiger partial charge is 0.260 e. The highest BCUT2D eigenvalue weighted by Crippen LogP contribution is 2.35. The van der Waals surface area contributed by atoms with Crippen LogP contribution in [0.25, 0.3) is 5.65 Å². The molecule has 1 N–H and O–H groups in total. The summed E-state index contributed by atoms with van der Waals surface area (Å²) in [7, 11) is 0. The van der Waals surface area contributed by atoms with Crippen LogP contribution in [0.5, 0.6) is 0 Å². The Morgan fingerprint density at radius 2 is 2.16 bits per heavy atom. The van der Waals surface area contributed by atoms with Gasteiger partial charge in [-0.15, -0.1) is 0 Å². The highest BCUT2D eigenvalue weighted by atomic mass is 16.5. The molecule has 134 valence electrons. The summed E-state index contributed by atoms with van der Waals surface area (Å²) in [4.78, 5) is 19.9. The molecule has 0 unspecified atom stereocenters. The van der Waals surface area contributed by atoms with Crippen molar-refractivity contribution in [2.75, 3.05) is 19.8 Å². The zero-order valence-corrected chi connectivity index (χ0v) is 14.9. The first-order chi connectivity index (χ1) is 12.0. The molecule has 0 radical (unpaired) electrons. The Hall–Kier alpha value is -1.99. The Morgan fingerprint density at radius 1 is 1.36 bits per heavy atom. The van der Waals surface area contributed by atoms with Gasteiger partial charge in [0.25, 0.3) is 5.91 Å². The second-order valence-corrected chi connectivity index (χ2v) is 7.23. The van der Waals surface area contributed by atoms with Gasteiger partial charge in [0.05, 0.1) is 24.4 Å². The Labute approximate surface area is 146 Å². The van der Waals surface area contributed by atoms with Gasteiger partial charge in [-0.3, -0.25) is 4.79 Å². The van der Waals surface area contributed by atoms with Crippen molar-refractivity contribution in [3.05, 3.63) is 28.7 Å². The third-order valence-corrected chi connectivity index (χ3v) is 5.44. The number of carbonyl (C=O) groups is 1. The lowest BCUT2D eigenvalue weighted by atomic mass is 10.1. The SMILES string of the molecule is Cc1cc(C)n2nc(C)c(C(=O)N3CCO[C@H]4C[C@H](CO)C[C@@H]43)c2n1. The van der Waals surface area contributed by atoms with Crippen LogP contribution >= 0.6 is 0 Å². The maximum Gasteiger partial charge on any atom is 0.260 e. The standard InChI is InChI=1S/C18H24N4O3/c1-10-6-11(2)22-17(19-10)16(12(3)20-22)18(24)21-4-5-25-15-8-13(9-23)7-14(15)21/h6,13-15,23H,4-5,7-9H2,1-3H3/t13-,14+,15+/m1/s1. The number of rotatable bonds is 2. The minimum absolute atomic E-state index is 0.0217. The Bertz CT molecular complexity index is 831. The van der Waals surface area contributed by atoms with E-state index < -0.39 is 0 Å². The van der Waals surface area contributed by atoms with Gasteiger partial charge in [-0.05, 0) is 45.6 Å². The lowest BCUT2D eigenvalue weighted by Crippen LogP contribution is -2.51. The number of carbonyl (C=O) groups excluding carboxylic acids is 1. The van der Waals surface area contributed by atoms with E-state index in [0.29, 0.717) is 30.1 Å². The third kappa shape index (κ3) is 2.62. The monoisotopic (exact) mass is 344 g/mol. The highest BCUT2D eigenvalue weighted by Gasteiger charge is 2.43. The molecular weight excluding hydrogens is 320 g/mol. The molecule has 1 amide bonds. The summed E-state index contributed by atoms with van der Waals surface area (Å²) in [5, 5.41) is 14.0. The second kappa shape index (κ2) is 6.07. The highest BCUT2D eigenvalue weighted by molar-refractivity contribution is 6.01. The molecule has 0 bridgehead atoms. The van der Waals surface area contributed by atoms with Crippen LogP contribution in [0, 0.1) is 26.7 Å². The molecule has 0 spiro atoms. The predicted molar refractivity (Wildman–Crippen MR) is 91.6 cm³/mol. The molecule has 1 aliphatic heterocycles. The first-order valence-electron chi connectivity index (χ1n) is 8.86. The van der Waals surface area contributed by atoms with Gasteiger partial charge >= 0.3 is 0 Å². The number of aryl methyl sites for hydroxylation is 3. The van der Waals surface area contributed by atoms with Crippen molar-refractivity contribution >= 4 is 11.6 Å². The number of fused-ring (bicyclic) bond motifs is 2. The van der Waals surface area contributed by atoms with Crippen LogP contribution in [0.3, 0.4) is 0 Å². The maximum absolute atomic E-state index is 13.4. The van der Waals surface area contributed by atoms with E-state index in [1.54, 1.807) is 4.52 Å². The van der Waals surface area contributed by atoms with Crippen LogP contribution < -0.4 is 0 Å². The molecule has 2 aliphatic rings. The van der Waals surface area contributed by atoms with Gasteiger partial charge in [0.1, 0.15) is 5.56 Å². The lowest BCUT2D eigenvalue weighted by molar-refractivity contribution is -0.0448. The van der Waals surface area contributed by atoms with Gasteiger partial charge in [-0.1, -0.05) is 0 Å². The number of aromatic nitrogens is 3. The Kier molecular flexibility index (Phi) is 4.00. The van der Waals surface area contributed by atoms with Crippen LogP contribution in [0.4, 0.5) is 0 Å². The molecular formula is C18H24N4O3. The summed E-state index contributed by atoms with van der Waals surface area (Å²) >= 11 is 0. The van der Waals surface area contributed by atoms with Crippen LogP contribution in [0.2, 0.25) is 0 Å². The van der Waals surface area contributed by atoms with E-state index in [1.807, 2.05) is 31.7 Å². The van der Waals surface area contributed by atoms with Crippen LogP contribution in [-0.2, 0) is 4.74 Å². The van der Waals surface area contributed by atoms with Crippen molar-refractivity contribution in [3.8, 4) is 0 Å². The van der Waals surface area contributed by atoms with E-state index in [0.717, 1.165) is 24.2 Å². The van der Waals surface area contributed by atoms with Gasteiger partial charge in [0.15, 0.2) is 5.65 Å². The summed E-state index contributed by atoms with van der Waals surface area (Å²) in [6, 6.07) is 1.99. The molecule has 3 heterocycles. The van der Waals surface area contributed by atoms with Crippen molar-refractivity contribution in [1.82, 2.24) is 19.5 Å². The number of hydrogen-bond donors (Lipinski definition) is 1. The number of nitrogens with zero attached hydrogens (tertiary/aromatic N) is 4. The van der Waals surface area contributed by atoms with E-state index in [1.165, 1.54) is 0 Å². The van der Waals surface area contributed by atoms with Crippen molar-refractivity contribution < 1.29 is 14.6 Å². The molecule has 7 nitrogen and oxygen atoms in total. The quantitative estimate of drug-likeness (QED) is 0.887. The number of amides is 1. The van der Waals surface area contributed by atoms with Gasteiger partial charge in [0.2, 0.25) is 0 Å². The van der Waals surface area contributed by atoms with E-state index in [4.69, 9.17) is 4.74 Å². The number of aliphatic hydroxyl groups excluding tert-OH is 1. The fourth-order valence-corrected chi connectivity index (χ4v) is 4.27. The number of ether oxygens (including phenoxy) is 1. The Morgan fingerprint density at radius 3 is 2.92 bits per heavy atom. The minimum atomic E-state index is -0.0260. The summed E-state index contributed by atoms with van der Waals surface area (Å²) in [5.74, 6) is 0.179. The van der Waals surface area contributed by atoms with Gasteiger partial charge in [0, 0.05) is 24.5 Å². The Balaban J connectivity index is 1.74. The number of hydrogen-bond acceptors (Lipinski definition) is 5. The largest absolute Gasteiger partial charge is 0.396 e. The maximum atomic E-state index is 13.4. The summed E-state index contributed by atoms with van der Waals surface area (Å²) in [5.41, 5.74) is 3.75. The number of morpholine rings is 1. The zero-order chi connectivity index (χ0) is 17.7. The van der Waals surface area contributed by atoms with E-state index in [9.17, 15) is 9.90 Å². The first-order valence-corrected chi connectivity index (χ1v) is 8.86. The second-order valence-electron chi connectivity index (χ2n) is 7.23. The average Bonchev–Trinajstić information content (AvgIpc) is 3.14. The molecule has 2 aromatic heterocycles. The van der Waals surface area contributed by atoms with Gasteiger partial charge < -0.3 is 14.7 Å². The third-order valence-electron chi connectivity index (χ3n) is 5.44. The zero-order valence-electron chi connectivity index (χ0n) is 14.9. The van der Waals surface area contributed by atoms with Crippen molar-refractivity contribution in [1.29, 1.82) is 0 Å². The van der Waals surface area contributed by atoms with Gasteiger partial charge in [-0.25, -0.2) is 9.50 Å². The molecule has 1 saturated heterocycles. The van der Waals surface area contributed by atoms with Gasteiger partial charge in [-0.2, -0.15) is 5.10 Å². The van der Waals surface area contributed by atoms with Crippen LogP contribution in [0.1, 0.15) is 40.3 Å². The van der Waals surface area contributed by atoms with Crippen molar-refractivity contribution in [2.24, 2.45) is 5.92 Å². The summed E-state index contributed by atoms with van der Waals surface area (Å²) in [6.45, 7) is 7.01. The molecule has 7 heteroatoms. The van der Waals surface area contributed by atoms with E-state index >= 15 is 0 Å². The molecule has 4 rings (SSSR count). The average molecular weight is 344 g/mol. The fraction of sp³-hybridized carbons (Fsp3) is 0.611. The molecule has 2 aromatic rings. The molecule has 3 atom stereocenters. The van der Waals surface area contributed by atoms with Crippen LogP contribution in [0.15, 0.2) is 6.07 Å². The number of aliphatic hydroxyl groups is 1. The lowest BCUT2D eigenvalue weighted by Gasteiger charge is -2.37. The topological polar surface area (TPSA) is 80.0 Å². The molecule has 25 heavy (non-hydrogen) atoms. The predicted octanol–water partition coefficient (Wildman–Crippen LogP) is 1.27. The molecule has 2 fully saturated rings. The fourth-order valence-electron chi connectivity index (χ4n) is 4.27. The summed E-state index contributed by atoms with van der Waals surface area (Å²) in [6.07, 6.45) is 1.62. The summed E-state index contributed by atoms with van der Waals surface area (Å²) < 4.78 is 7.59. The molecule has 1 saturated carbocycles. The normalized spacial score (nSPS) is 26.2. The van der Waals surface area contributed by atoms with E-state index in [-0.39, 0.29) is 30.6 Å². The first kappa shape index (κ1) is 16.5.